The molecule has 0 amide bonds. The SMILES string of the molecule is CC(C(=O)Cl)c1nsc2ccccc12. The van der Waals surface area contributed by atoms with Crippen molar-refractivity contribution in [3.63, 3.8) is 0 Å². The monoisotopic (exact) mass is 225 g/mol. The van der Waals surface area contributed by atoms with E-state index in [-0.39, 0.29) is 11.2 Å². The van der Waals surface area contributed by atoms with Gasteiger partial charge in [-0.25, -0.2) is 0 Å². The number of carbonyl (C=O) groups excluding carboxylic acids is 1. The van der Waals surface area contributed by atoms with Gasteiger partial charge in [0.05, 0.1) is 16.3 Å². The van der Waals surface area contributed by atoms with E-state index in [9.17, 15) is 4.79 Å². The molecule has 2 nitrogen and oxygen atoms in total. The standard InChI is InChI=1S/C10H8ClNOS/c1-6(10(11)13)9-7-4-2-3-5-8(7)14-12-9/h2-6H,1H3. The number of rotatable bonds is 2. The second-order valence-electron chi connectivity index (χ2n) is 3.09. The van der Waals surface area contributed by atoms with Crippen LogP contribution in [0.2, 0.25) is 0 Å². The van der Waals surface area contributed by atoms with Crippen molar-refractivity contribution in [3.8, 4) is 0 Å². The van der Waals surface area contributed by atoms with Gasteiger partial charge in [0, 0.05) is 5.39 Å². The summed E-state index contributed by atoms with van der Waals surface area (Å²) in [5, 5.41) is 0.667. The van der Waals surface area contributed by atoms with Crippen LogP contribution in [0.25, 0.3) is 10.1 Å². The molecule has 14 heavy (non-hydrogen) atoms. The highest BCUT2D eigenvalue weighted by Gasteiger charge is 2.18. The third-order valence-corrected chi connectivity index (χ3v) is 3.32. The van der Waals surface area contributed by atoms with Crippen molar-refractivity contribution >= 4 is 38.5 Å². The highest BCUT2D eigenvalue weighted by Crippen LogP contribution is 2.28. The molecule has 0 aliphatic carbocycles. The molecule has 0 fully saturated rings. The number of halogens is 1. The topological polar surface area (TPSA) is 30.0 Å². The van der Waals surface area contributed by atoms with Gasteiger partial charge < -0.3 is 0 Å². The average Bonchev–Trinajstić information content (AvgIpc) is 2.60. The van der Waals surface area contributed by atoms with E-state index in [2.05, 4.69) is 4.37 Å². The van der Waals surface area contributed by atoms with Crippen LogP contribution in [0, 0.1) is 0 Å². The van der Waals surface area contributed by atoms with Gasteiger partial charge in [-0.15, -0.1) is 0 Å². The van der Waals surface area contributed by atoms with Crippen LogP contribution in [0.1, 0.15) is 18.5 Å². The van der Waals surface area contributed by atoms with Gasteiger partial charge in [-0.05, 0) is 36.1 Å². The second kappa shape index (κ2) is 3.67. The van der Waals surface area contributed by atoms with E-state index in [1.807, 2.05) is 24.3 Å². The summed E-state index contributed by atoms with van der Waals surface area (Å²) < 4.78 is 5.34. The molecular formula is C10H8ClNOS. The minimum absolute atomic E-state index is 0.326. The van der Waals surface area contributed by atoms with E-state index in [0.29, 0.717) is 0 Å². The smallest absolute Gasteiger partial charge is 0.230 e. The van der Waals surface area contributed by atoms with Gasteiger partial charge in [0.1, 0.15) is 0 Å². The van der Waals surface area contributed by atoms with Crippen LogP contribution in [-0.4, -0.2) is 9.62 Å². The summed E-state index contributed by atoms with van der Waals surface area (Å²) in [5.74, 6) is -0.326. The number of nitrogens with zero attached hydrogens (tertiary/aromatic N) is 1. The average molecular weight is 226 g/mol. The Balaban J connectivity index is 2.58. The van der Waals surface area contributed by atoms with Gasteiger partial charge in [0.25, 0.3) is 0 Å². The van der Waals surface area contributed by atoms with Crippen LogP contribution in [0.5, 0.6) is 0 Å². The van der Waals surface area contributed by atoms with Crippen molar-refractivity contribution in [3.05, 3.63) is 30.0 Å². The molecule has 2 aromatic rings. The lowest BCUT2D eigenvalue weighted by Gasteiger charge is -2.01. The molecule has 0 aliphatic rings. The van der Waals surface area contributed by atoms with E-state index in [1.165, 1.54) is 11.5 Å². The largest absolute Gasteiger partial charge is 0.281 e. The van der Waals surface area contributed by atoms with Crippen molar-refractivity contribution in [1.82, 2.24) is 4.37 Å². The van der Waals surface area contributed by atoms with Crippen LogP contribution < -0.4 is 0 Å². The normalized spacial score (nSPS) is 13.0. The Bertz CT molecular complexity index is 480. The third-order valence-electron chi connectivity index (χ3n) is 2.16. The predicted molar refractivity (Wildman–Crippen MR) is 58.9 cm³/mol. The Morgan fingerprint density at radius 3 is 2.93 bits per heavy atom. The lowest BCUT2D eigenvalue weighted by molar-refractivity contribution is -0.112. The maximum Gasteiger partial charge on any atom is 0.230 e. The van der Waals surface area contributed by atoms with E-state index in [4.69, 9.17) is 11.6 Å². The first-order valence-electron chi connectivity index (χ1n) is 4.24. The molecule has 2 rings (SSSR count). The fraction of sp³-hybridized carbons (Fsp3) is 0.200. The highest BCUT2D eigenvalue weighted by atomic mass is 35.5. The molecular weight excluding hydrogens is 218 g/mol. The van der Waals surface area contributed by atoms with Gasteiger partial charge in [0.15, 0.2) is 0 Å². The molecule has 1 unspecified atom stereocenters. The molecule has 1 atom stereocenters. The Morgan fingerprint density at radius 2 is 2.21 bits per heavy atom. The number of carbonyl (C=O) groups is 1. The summed E-state index contributed by atoms with van der Waals surface area (Å²) in [6.07, 6.45) is 0. The quantitative estimate of drug-likeness (QED) is 0.735. The minimum Gasteiger partial charge on any atom is -0.281 e. The Hall–Kier alpha value is -0.930. The molecule has 0 N–H and O–H groups in total. The molecule has 0 bridgehead atoms. The number of hydrogen-bond acceptors (Lipinski definition) is 3. The lowest BCUT2D eigenvalue weighted by atomic mass is 10.1. The van der Waals surface area contributed by atoms with Gasteiger partial charge >= 0.3 is 0 Å². The Kier molecular flexibility index (Phi) is 2.52. The number of aromatic nitrogens is 1. The van der Waals surface area contributed by atoms with Crippen molar-refractivity contribution in [1.29, 1.82) is 0 Å². The molecule has 1 aromatic carbocycles. The first-order valence-corrected chi connectivity index (χ1v) is 5.39. The molecule has 0 spiro atoms. The van der Waals surface area contributed by atoms with Gasteiger partial charge in [-0.2, -0.15) is 4.37 Å². The van der Waals surface area contributed by atoms with Crippen molar-refractivity contribution in [2.45, 2.75) is 12.8 Å². The van der Waals surface area contributed by atoms with Gasteiger partial charge in [-0.1, -0.05) is 18.2 Å². The van der Waals surface area contributed by atoms with Crippen molar-refractivity contribution < 1.29 is 4.79 Å². The highest BCUT2D eigenvalue weighted by molar-refractivity contribution is 7.13. The van der Waals surface area contributed by atoms with Crippen molar-refractivity contribution in [2.24, 2.45) is 0 Å². The fourth-order valence-electron chi connectivity index (χ4n) is 1.33. The van der Waals surface area contributed by atoms with Crippen molar-refractivity contribution in [2.75, 3.05) is 0 Å². The number of fused-ring (bicyclic) bond motifs is 1. The first-order chi connectivity index (χ1) is 6.70. The van der Waals surface area contributed by atoms with E-state index < -0.39 is 0 Å². The summed E-state index contributed by atoms with van der Waals surface area (Å²) in [6, 6.07) is 7.84. The van der Waals surface area contributed by atoms with Crippen LogP contribution in [0.4, 0.5) is 0 Å². The first kappa shape index (κ1) is 9.62. The maximum atomic E-state index is 11.0. The molecule has 0 saturated heterocycles. The predicted octanol–water partition coefficient (Wildman–Crippen LogP) is 3.17. The summed E-state index contributed by atoms with van der Waals surface area (Å²) in [6.45, 7) is 1.77. The van der Waals surface area contributed by atoms with Crippen LogP contribution in [0.15, 0.2) is 24.3 Å². The molecule has 0 radical (unpaired) electrons. The summed E-state index contributed by atoms with van der Waals surface area (Å²) in [7, 11) is 0. The third kappa shape index (κ3) is 1.53. The molecule has 0 saturated carbocycles. The molecule has 4 heteroatoms. The van der Waals surface area contributed by atoms with E-state index >= 15 is 0 Å². The van der Waals surface area contributed by atoms with Crippen LogP contribution in [-0.2, 0) is 4.79 Å². The van der Waals surface area contributed by atoms with Crippen LogP contribution in [0.3, 0.4) is 0 Å². The number of benzene rings is 1. The molecule has 1 aromatic heterocycles. The molecule has 72 valence electrons. The van der Waals surface area contributed by atoms with Crippen LogP contribution >= 0.6 is 23.1 Å². The molecule has 1 heterocycles. The zero-order chi connectivity index (χ0) is 10.1. The zero-order valence-corrected chi connectivity index (χ0v) is 9.10. The summed E-state index contributed by atoms with van der Waals surface area (Å²) in [4.78, 5) is 11.0. The van der Waals surface area contributed by atoms with E-state index in [0.717, 1.165) is 15.8 Å². The second-order valence-corrected chi connectivity index (χ2v) is 4.27. The van der Waals surface area contributed by atoms with E-state index in [1.54, 1.807) is 6.92 Å². The minimum atomic E-state index is -0.360. The van der Waals surface area contributed by atoms with Gasteiger partial charge in [0.2, 0.25) is 5.24 Å². The fourth-order valence-corrected chi connectivity index (χ4v) is 2.29. The number of hydrogen-bond donors (Lipinski definition) is 0. The lowest BCUT2D eigenvalue weighted by Crippen LogP contribution is -2.01. The van der Waals surface area contributed by atoms with Gasteiger partial charge in [-0.3, -0.25) is 4.79 Å². The molecule has 0 aliphatic heterocycles. The maximum absolute atomic E-state index is 11.0. The summed E-state index contributed by atoms with van der Waals surface area (Å²) >= 11 is 6.84. The Morgan fingerprint density at radius 1 is 1.50 bits per heavy atom. The zero-order valence-electron chi connectivity index (χ0n) is 7.53. The Labute approximate surface area is 90.7 Å². The summed E-state index contributed by atoms with van der Waals surface area (Å²) in [5.41, 5.74) is 0.783.